The SMILES string of the molecule is COP(=O)(OC)OCC(F)(F)C(F)(F)C(F)(F)C(F)F. The molecule has 0 aliphatic carbocycles. The van der Waals surface area contributed by atoms with Crippen molar-refractivity contribution in [3.8, 4) is 0 Å². The fourth-order valence-electron chi connectivity index (χ4n) is 0.812. The number of hydrogen-bond donors (Lipinski definition) is 0. The van der Waals surface area contributed by atoms with E-state index in [4.69, 9.17) is 0 Å². The first kappa shape index (κ1) is 19.6. The Morgan fingerprint density at radius 1 is 1.00 bits per heavy atom. The molecule has 0 amide bonds. The van der Waals surface area contributed by atoms with E-state index in [0.29, 0.717) is 14.2 Å². The van der Waals surface area contributed by atoms with Gasteiger partial charge in [0.05, 0.1) is 0 Å². The molecule has 20 heavy (non-hydrogen) atoms. The van der Waals surface area contributed by atoms with Gasteiger partial charge < -0.3 is 0 Å². The molecular weight excluding hydrogens is 331 g/mol. The summed E-state index contributed by atoms with van der Waals surface area (Å²) in [7, 11) is -3.40. The first-order valence-corrected chi connectivity index (χ1v) is 6.01. The summed E-state index contributed by atoms with van der Waals surface area (Å²) in [6.07, 6.45) is -5.04. The third-order valence-electron chi connectivity index (χ3n) is 2.00. The summed E-state index contributed by atoms with van der Waals surface area (Å²) in [5, 5.41) is 0. The minimum atomic E-state index is -6.44. The first-order chi connectivity index (χ1) is 8.77. The van der Waals surface area contributed by atoms with Gasteiger partial charge in [-0.25, -0.2) is 13.3 Å². The van der Waals surface area contributed by atoms with E-state index < -0.39 is 38.6 Å². The van der Waals surface area contributed by atoms with Crippen LogP contribution in [0.3, 0.4) is 0 Å². The van der Waals surface area contributed by atoms with E-state index >= 15 is 0 Å². The van der Waals surface area contributed by atoms with Crippen molar-refractivity contribution in [1.82, 2.24) is 0 Å². The molecule has 0 spiro atoms. The molecule has 0 fully saturated rings. The molecule has 122 valence electrons. The van der Waals surface area contributed by atoms with Gasteiger partial charge in [-0.2, -0.15) is 26.3 Å². The smallest absolute Gasteiger partial charge is 0.290 e. The molecule has 0 saturated carbocycles. The fourth-order valence-corrected chi connectivity index (χ4v) is 1.49. The van der Waals surface area contributed by atoms with Crippen molar-refractivity contribution in [2.45, 2.75) is 24.2 Å². The highest BCUT2D eigenvalue weighted by Gasteiger charge is 2.75. The Morgan fingerprint density at radius 2 is 1.40 bits per heavy atom. The van der Waals surface area contributed by atoms with Gasteiger partial charge in [-0.1, -0.05) is 0 Å². The van der Waals surface area contributed by atoms with Crippen LogP contribution in [0.1, 0.15) is 0 Å². The molecule has 0 heterocycles. The van der Waals surface area contributed by atoms with E-state index in [9.17, 15) is 39.7 Å². The van der Waals surface area contributed by atoms with Crippen molar-refractivity contribution < 1.29 is 53.3 Å². The Balaban J connectivity index is 5.18. The Kier molecular flexibility index (Phi) is 5.98. The van der Waals surface area contributed by atoms with Crippen LogP contribution in [0.25, 0.3) is 0 Å². The molecule has 0 aliphatic rings. The number of alkyl halides is 8. The van der Waals surface area contributed by atoms with Crippen LogP contribution in [0.15, 0.2) is 0 Å². The van der Waals surface area contributed by atoms with Gasteiger partial charge in [0.2, 0.25) is 0 Å². The zero-order valence-electron chi connectivity index (χ0n) is 9.89. The van der Waals surface area contributed by atoms with Crippen LogP contribution < -0.4 is 0 Å². The minimum absolute atomic E-state index is 0.633. The largest absolute Gasteiger partial charge is 0.474 e. The second-order valence-corrected chi connectivity index (χ2v) is 5.17. The highest BCUT2D eigenvalue weighted by atomic mass is 31.2. The summed E-state index contributed by atoms with van der Waals surface area (Å²) in [6.45, 7) is -2.58. The number of halogens is 8. The van der Waals surface area contributed by atoms with Gasteiger partial charge in [0.25, 0.3) is 0 Å². The molecule has 0 N–H and O–H groups in total. The summed E-state index contributed by atoms with van der Waals surface area (Å²) >= 11 is 0. The van der Waals surface area contributed by atoms with Crippen molar-refractivity contribution in [2.24, 2.45) is 0 Å². The van der Waals surface area contributed by atoms with Crippen molar-refractivity contribution in [3.05, 3.63) is 0 Å². The van der Waals surface area contributed by atoms with E-state index in [1.165, 1.54) is 0 Å². The van der Waals surface area contributed by atoms with Gasteiger partial charge in [0.1, 0.15) is 6.61 Å². The molecule has 0 atom stereocenters. The third-order valence-corrected chi connectivity index (χ3v) is 3.34. The van der Waals surface area contributed by atoms with E-state index in [2.05, 4.69) is 13.6 Å². The zero-order chi connectivity index (χ0) is 16.4. The summed E-state index contributed by atoms with van der Waals surface area (Å²) in [4.78, 5) is 0. The lowest BCUT2D eigenvalue weighted by molar-refractivity contribution is -0.342. The lowest BCUT2D eigenvalue weighted by Crippen LogP contribution is -2.59. The fraction of sp³-hybridized carbons (Fsp3) is 1.00. The third kappa shape index (κ3) is 3.60. The van der Waals surface area contributed by atoms with Crippen molar-refractivity contribution >= 4 is 7.82 Å². The van der Waals surface area contributed by atoms with Gasteiger partial charge in [-0.3, -0.25) is 13.6 Å². The quantitative estimate of drug-likeness (QED) is 0.501. The van der Waals surface area contributed by atoms with Gasteiger partial charge >= 0.3 is 32.0 Å². The average Bonchev–Trinajstić information content (AvgIpc) is 2.35. The molecule has 4 nitrogen and oxygen atoms in total. The lowest BCUT2D eigenvalue weighted by Gasteiger charge is -2.32. The second kappa shape index (κ2) is 6.12. The number of hydrogen-bond acceptors (Lipinski definition) is 4. The van der Waals surface area contributed by atoms with E-state index in [-0.39, 0.29) is 0 Å². The maximum atomic E-state index is 12.9. The van der Waals surface area contributed by atoms with E-state index in [1.54, 1.807) is 0 Å². The monoisotopic (exact) mass is 340 g/mol. The summed E-state index contributed by atoms with van der Waals surface area (Å²) in [5.74, 6) is -18.5. The molecular formula is C7H9F8O4P. The summed E-state index contributed by atoms with van der Waals surface area (Å²) in [6, 6.07) is 0. The van der Waals surface area contributed by atoms with Crippen LogP contribution in [0.2, 0.25) is 0 Å². The molecule has 0 radical (unpaired) electrons. The predicted molar refractivity (Wildman–Crippen MR) is 48.4 cm³/mol. The van der Waals surface area contributed by atoms with Crippen molar-refractivity contribution in [2.75, 3.05) is 20.8 Å². The Hall–Kier alpha value is -0.450. The number of phosphoric ester groups is 1. The van der Waals surface area contributed by atoms with Gasteiger partial charge in [0.15, 0.2) is 0 Å². The summed E-state index contributed by atoms with van der Waals surface area (Å²) < 4.78 is 122. The summed E-state index contributed by atoms with van der Waals surface area (Å²) in [5.41, 5.74) is 0. The van der Waals surface area contributed by atoms with Gasteiger partial charge in [-0.15, -0.1) is 0 Å². The van der Waals surface area contributed by atoms with Crippen LogP contribution in [-0.4, -0.2) is 45.0 Å². The highest BCUT2D eigenvalue weighted by molar-refractivity contribution is 7.48. The molecule has 13 heteroatoms. The maximum absolute atomic E-state index is 12.9. The standard InChI is InChI=1S/C7H9F8O4P/c1-17-20(16,18-2)19-3-5(10,11)7(14,15)6(12,13)4(8)9/h4H,3H2,1-2H3. The molecule has 0 saturated heterocycles. The van der Waals surface area contributed by atoms with E-state index in [0.717, 1.165) is 0 Å². The molecule has 0 bridgehead atoms. The second-order valence-electron chi connectivity index (χ2n) is 3.29. The Bertz CT molecular complexity index is 366. The number of rotatable bonds is 8. The molecule has 0 aromatic carbocycles. The minimum Gasteiger partial charge on any atom is -0.290 e. The van der Waals surface area contributed by atoms with Crippen molar-refractivity contribution in [1.29, 1.82) is 0 Å². The van der Waals surface area contributed by atoms with Crippen LogP contribution in [-0.2, 0) is 18.1 Å². The van der Waals surface area contributed by atoms with Crippen LogP contribution in [0, 0.1) is 0 Å². The lowest BCUT2D eigenvalue weighted by atomic mass is 10.1. The van der Waals surface area contributed by atoms with Crippen molar-refractivity contribution in [3.63, 3.8) is 0 Å². The molecule has 0 aliphatic heterocycles. The van der Waals surface area contributed by atoms with Gasteiger partial charge in [0, 0.05) is 14.2 Å². The molecule has 0 aromatic rings. The van der Waals surface area contributed by atoms with Crippen LogP contribution in [0.4, 0.5) is 35.1 Å². The molecule has 0 aromatic heterocycles. The van der Waals surface area contributed by atoms with Crippen LogP contribution in [0.5, 0.6) is 0 Å². The molecule has 0 rings (SSSR count). The zero-order valence-corrected chi connectivity index (χ0v) is 10.8. The Labute approximate surface area is 107 Å². The topological polar surface area (TPSA) is 44.8 Å². The predicted octanol–water partition coefficient (Wildman–Crippen LogP) is 3.57. The van der Waals surface area contributed by atoms with E-state index in [1.807, 2.05) is 0 Å². The average molecular weight is 340 g/mol. The number of phosphoric acid groups is 1. The van der Waals surface area contributed by atoms with Crippen LogP contribution >= 0.6 is 7.82 Å². The highest BCUT2D eigenvalue weighted by Crippen LogP contribution is 2.53. The molecule has 0 unspecified atom stereocenters. The Morgan fingerprint density at radius 3 is 1.70 bits per heavy atom. The van der Waals surface area contributed by atoms with Gasteiger partial charge in [-0.05, 0) is 0 Å². The maximum Gasteiger partial charge on any atom is 0.474 e. The normalized spacial score (nSPS) is 14.9. The first-order valence-electron chi connectivity index (χ1n) is 4.55.